The number of aliphatic carboxylic acids is 1. The number of hydrogen-bond acceptors (Lipinski definition) is 4. The van der Waals surface area contributed by atoms with Crippen LogP contribution in [-0.2, 0) is 9.59 Å². The lowest BCUT2D eigenvalue weighted by molar-refractivity contribution is -0.274. The molecule has 0 saturated carbocycles. The number of ether oxygens (including phenoxy) is 1. The van der Waals surface area contributed by atoms with Gasteiger partial charge >= 0.3 is 12.3 Å². The van der Waals surface area contributed by atoms with E-state index in [-0.39, 0.29) is 12.2 Å². The second-order valence-electron chi connectivity index (χ2n) is 4.55. The first kappa shape index (κ1) is 17.8. The molecule has 2 N–H and O–H groups in total. The van der Waals surface area contributed by atoms with E-state index in [0.717, 1.165) is 12.1 Å². The summed E-state index contributed by atoms with van der Waals surface area (Å²) in [6, 6.07) is 3.78. The monoisotopic (exact) mass is 320 g/mol. The number of nitrogens with one attached hydrogen (secondary N) is 1. The maximum atomic E-state index is 12.0. The molecule has 0 saturated heterocycles. The second kappa shape index (κ2) is 7.12. The molecule has 6 nitrogen and oxygen atoms in total. The van der Waals surface area contributed by atoms with Crippen molar-refractivity contribution < 1.29 is 32.6 Å². The van der Waals surface area contributed by atoms with Gasteiger partial charge in [0, 0.05) is 5.69 Å². The van der Waals surface area contributed by atoms with Crippen LogP contribution in [0.25, 0.3) is 0 Å². The van der Waals surface area contributed by atoms with E-state index in [1.165, 1.54) is 31.0 Å². The average molecular weight is 320 g/mol. The second-order valence-corrected chi connectivity index (χ2v) is 4.55. The number of rotatable bonds is 6. The quantitative estimate of drug-likeness (QED) is 0.837. The Hall–Kier alpha value is -2.29. The number of carboxylic acid groups (broad SMARTS) is 1. The van der Waals surface area contributed by atoms with Gasteiger partial charge in [-0.3, -0.25) is 14.5 Å². The van der Waals surface area contributed by atoms with Crippen LogP contribution in [0.2, 0.25) is 0 Å². The first-order valence-electron chi connectivity index (χ1n) is 6.17. The standard InChI is InChI=1S/C13H15F3N2O4/c1-8(12(20)21)18(2)7-11(19)17-9-3-5-10(6-4-9)22-13(14,15)16/h3-6,8H,7H2,1-2H3,(H,17,19)(H,20,21). The van der Waals surface area contributed by atoms with E-state index in [2.05, 4.69) is 10.1 Å². The predicted octanol–water partition coefficient (Wildman–Crippen LogP) is 1.93. The summed E-state index contributed by atoms with van der Waals surface area (Å²) < 4.78 is 39.7. The van der Waals surface area contributed by atoms with Crippen LogP contribution in [0.5, 0.6) is 5.75 Å². The lowest BCUT2D eigenvalue weighted by atomic mass is 10.3. The van der Waals surface area contributed by atoms with Crippen LogP contribution in [-0.4, -0.2) is 47.9 Å². The molecule has 0 aliphatic carbocycles. The summed E-state index contributed by atoms with van der Waals surface area (Å²) in [6.07, 6.45) is -4.78. The molecule has 1 rings (SSSR count). The Morgan fingerprint density at radius 3 is 2.32 bits per heavy atom. The fourth-order valence-corrected chi connectivity index (χ4v) is 1.49. The number of anilines is 1. The summed E-state index contributed by atoms with van der Waals surface area (Å²) >= 11 is 0. The summed E-state index contributed by atoms with van der Waals surface area (Å²) in [6.45, 7) is 1.26. The molecule has 0 aromatic heterocycles. The van der Waals surface area contributed by atoms with Crippen LogP contribution >= 0.6 is 0 Å². The van der Waals surface area contributed by atoms with Gasteiger partial charge in [-0.1, -0.05) is 0 Å². The molecule has 0 aliphatic rings. The van der Waals surface area contributed by atoms with Crippen LogP contribution in [0.15, 0.2) is 24.3 Å². The van der Waals surface area contributed by atoms with Crippen molar-refractivity contribution in [2.75, 3.05) is 18.9 Å². The van der Waals surface area contributed by atoms with Crippen molar-refractivity contribution in [3.8, 4) is 5.75 Å². The minimum Gasteiger partial charge on any atom is -0.480 e. The van der Waals surface area contributed by atoms with Crippen LogP contribution in [0.1, 0.15) is 6.92 Å². The average Bonchev–Trinajstić information content (AvgIpc) is 2.38. The molecule has 0 spiro atoms. The minimum atomic E-state index is -4.78. The topological polar surface area (TPSA) is 78.9 Å². The summed E-state index contributed by atoms with van der Waals surface area (Å²) in [5.41, 5.74) is 0.274. The van der Waals surface area contributed by atoms with Gasteiger partial charge in [0.05, 0.1) is 6.54 Å². The molecule has 9 heteroatoms. The Labute approximate surface area is 124 Å². The third-order valence-corrected chi connectivity index (χ3v) is 2.78. The number of hydrogen-bond donors (Lipinski definition) is 2. The number of halogens is 3. The van der Waals surface area contributed by atoms with Gasteiger partial charge in [0.1, 0.15) is 11.8 Å². The minimum absolute atomic E-state index is 0.172. The maximum absolute atomic E-state index is 12.0. The number of alkyl halides is 3. The molecule has 1 aromatic carbocycles. The number of likely N-dealkylation sites (N-methyl/N-ethyl adjacent to an activating group) is 1. The van der Waals surface area contributed by atoms with Gasteiger partial charge in [0.25, 0.3) is 0 Å². The van der Waals surface area contributed by atoms with Gasteiger partial charge in [0.15, 0.2) is 0 Å². The zero-order valence-corrected chi connectivity index (χ0v) is 11.8. The SMILES string of the molecule is CC(C(=O)O)N(C)CC(=O)Nc1ccc(OC(F)(F)F)cc1. The molecule has 0 radical (unpaired) electrons. The van der Waals surface area contributed by atoms with E-state index < -0.39 is 30.0 Å². The molecule has 1 amide bonds. The van der Waals surface area contributed by atoms with Gasteiger partial charge < -0.3 is 15.2 Å². The van der Waals surface area contributed by atoms with Crippen molar-refractivity contribution >= 4 is 17.6 Å². The number of benzene rings is 1. The fourth-order valence-electron chi connectivity index (χ4n) is 1.49. The van der Waals surface area contributed by atoms with E-state index in [4.69, 9.17) is 5.11 Å². The van der Waals surface area contributed by atoms with Crippen molar-refractivity contribution in [3.05, 3.63) is 24.3 Å². The molecule has 0 bridgehead atoms. The van der Waals surface area contributed by atoms with Crippen molar-refractivity contribution in [2.24, 2.45) is 0 Å². The summed E-state index contributed by atoms with van der Waals surface area (Å²) in [7, 11) is 1.47. The van der Waals surface area contributed by atoms with Gasteiger partial charge in [-0.2, -0.15) is 0 Å². The van der Waals surface area contributed by atoms with Crippen molar-refractivity contribution in [1.29, 1.82) is 0 Å². The number of nitrogens with zero attached hydrogens (tertiary/aromatic N) is 1. The molecule has 22 heavy (non-hydrogen) atoms. The van der Waals surface area contributed by atoms with E-state index in [9.17, 15) is 22.8 Å². The highest BCUT2D eigenvalue weighted by molar-refractivity contribution is 5.92. The van der Waals surface area contributed by atoms with Gasteiger partial charge in [0.2, 0.25) is 5.91 Å². The summed E-state index contributed by atoms with van der Waals surface area (Å²) in [5.74, 6) is -1.95. The Kier molecular flexibility index (Phi) is 5.75. The van der Waals surface area contributed by atoms with E-state index in [1.54, 1.807) is 0 Å². The third kappa shape index (κ3) is 6.00. The highest BCUT2D eigenvalue weighted by Crippen LogP contribution is 2.23. The van der Waals surface area contributed by atoms with E-state index >= 15 is 0 Å². The Morgan fingerprint density at radius 2 is 1.86 bits per heavy atom. The Morgan fingerprint density at radius 1 is 1.32 bits per heavy atom. The highest BCUT2D eigenvalue weighted by atomic mass is 19.4. The Bertz CT molecular complexity index is 531. The first-order chi connectivity index (χ1) is 10.1. The maximum Gasteiger partial charge on any atom is 0.573 e. The predicted molar refractivity (Wildman–Crippen MR) is 71.5 cm³/mol. The molecular weight excluding hydrogens is 305 g/mol. The van der Waals surface area contributed by atoms with Crippen LogP contribution < -0.4 is 10.1 Å². The molecule has 0 fully saturated rings. The third-order valence-electron chi connectivity index (χ3n) is 2.78. The number of amides is 1. The van der Waals surface area contributed by atoms with Crippen molar-refractivity contribution in [2.45, 2.75) is 19.3 Å². The van der Waals surface area contributed by atoms with E-state index in [0.29, 0.717) is 0 Å². The molecule has 1 unspecified atom stereocenters. The largest absolute Gasteiger partial charge is 0.573 e. The van der Waals surface area contributed by atoms with E-state index in [1.807, 2.05) is 0 Å². The van der Waals surface area contributed by atoms with Gasteiger partial charge in [-0.25, -0.2) is 0 Å². The first-order valence-corrected chi connectivity index (χ1v) is 6.17. The van der Waals surface area contributed by atoms with Crippen molar-refractivity contribution in [1.82, 2.24) is 4.90 Å². The van der Waals surface area contributed by atoms with Gasteiger partial charge in [-0.15, -0.1) is 13.2 Å². The highest BCUT2D eigenvalue weighted by Gasteiger charge is 2.31. The molecule has 1 atom stereocenters. The smallest absolute Gasteiger partial charge is 0.480 e. The zero-order valence-electron chi connectivity index (χ0n) is 11.8. The molecule has 122 valence electrons. The fraction of sp³-hybridized carbons (Fsp3) is 0.385. The Balaban J connectivity index is 2.56. The summed E-state index contributed by atoms with van der Waals surface area (Å²) in [5, 5.41) is 11.2. The molecule has 0 heterocycles. The zero-order chi connectivity index (χ0) is 16.9. The lowest BCUT2D eigenvalue weighted by Gasteiger charge is -2.20. The van der Waals surface area contributed by atoms with Gasteiger partial charge in [-0.05, 0) is 38.2 Å². The van der Waals surface area contributed by atoms with Crippen LogP contribution in [0.3, 0.4) is 0 Å². The lowest BCUT2D eigenvalue weighted by Crippen LogP contribution is -2.40. The molecular formula is C13H15F3N2O4. The number of carboxylic acids is 1. The molecule has 0 aliphatic heterocycles. The van der Waals surface area contributed by atoms with Crippen LogP contribution in [0.4, 0.5) is 18.9 Å². The molecule has 1 aromatic rings. The summed E-state index contributed by atoms with van der Waals surface area (Å²) in [4.78, 5) is 23.8. The van der Waals surface area contributed by atoms with Crippen LogP contribution in [0, 0.1) is 0 Å². The van der Waals surface area contributed by atoms with Crippen molar-refractivity contribution in [3.63, 3.8) is 0 Å². The normalized spacial score (nSPS) is 12.8. The number of carbonyl (C=O) groups is 2. The number of carbonyl (C=O) groups excluding carboxylic acids is 1.